The fourth-order valence-electron chi connectivity index (χ4n) is 4.98. The molecule has 0 saturated heterocycles. The number of thiophene rings is 2. The number of nitrogens with zero attached hydrogens (tertiary/aromatic N) is 3. The molecule has 3 heterocycles. The molecule has 1 unspecified atom stereocenters. The molecule has 5 rings (SSSR count). The Morgan fingerprint density at radius 2 is 2.00 bits per heavy atom. The van der Waals surface area contributed by atoms with Crippen molar-refractivity contribution >= 4 is 51.3 Å². The van der Waals surface area contributed by atoms with Crippen molar-refractivity contribution in [2.45, 2.75) is 63.4 Å². The van der Waals surface area contributed by atoms with Gasteiger partial charge in [-0.3, -0.25) is 4.79 Å². The van der Waals surface area contributed by atoms with Gasteiger partial charge in [0.15, 0.2) is 11.0 Å². The minimum atomic E-state index is -0.376. The Balaban J connectivity index is 1.28. The lowest BCUT2D eigenvalue weighted by atomic mass is 9.88. The van der Waals surface area contributed by atoms with Gasteiger partial charge in [-0.2, -0.15) is 0 Å². The van der Waals surface area contributed by atoms with Crippen LogP contribution in [0.15, 0.2) is 10.5 Å². The largest absolute Gasteiger partial charge is 0.465 e. The highest BCUT2D eigenvalue weighted by Gasteiger charge is 2.27. The number of hydrogen-bond donors (Lipinski definition) is 1. The standard InChI is InChI=1S/C25H30N4O3S3/c1-14-9-10-15-17(12-33-19(15)11-14)22-27-28-25(29(22)2)34-13-20(30)26-23-21(24(31)32-3)16-7-5-4-6-8-18(16)35-23/h12,14H,4-11,13H2,1-3H3,(H,26,30). The number of rotatable bonds is 6. The molecule has 2 aliphatic rings. The minimum Gasteiger partial charge on any atom is -0.465 e. The molecule has 0 aliphatic heterocycles. The summed E-state index contributed by atoms with van der Waals surface area (Å²) in [4.78, 5) is 28.0. The highest BCUT2D eigenvalue weighted by Crippen LogP contribution is 2.39. The second-order valence-corrected chi connectivity index (χ2v) is 12.4. The Morgan fingerprint density at radius 1 is 1.17 bits per heavy atom. The molecule has 10 heteroatoms. The zero-order valence-electron chi connectivity index (χ0n) is 20.3. The number of thioether (sulfide) groups is 1. The lowest BCUT2D eigenvalue weighted by Gasteiger charge is -2.18. The van der Waals surface area contributed by atoms with Crippen LogP contribution in [0, 0.1) is 5.92 Å². The zero-order valence-corrected chi connectivity index (χ0v) is 22.8. The molecule has 7 nitrogen and oxygen atoms in total. The molecule has 1 N–H and O–H groups in total. The number of hydrogen-bond acceptors (Lipinski definition) is 8. The van der Waals surface area contributed by atoms with Gasteiger partial charge in [-0.15, -0.1) is 32.9 Å². The summed E-state index contributed by atoms with van der Waals surface area (Å²) in [7, 11) is 3.35. The minimum absolute atomic E-state index is 0.164. The first-order valence-corrected chi connectivity index (χ1v) is 14.8. The molecule has 186 valence electrons. The lowest BCUT2D eigenvalue weighted by Crippen LogP contribution is -2.16. The Kier molecular flexibility index (Phi) is 7.31. The van der Waals surface area contributed by atoms with E-state index in [1.54, 1.807) is 0 Å². The zero-order chi connectivity index (χ0) is 24.5. The maximum Gasteiger partial charge on any atom is 0.341 e. The second-order valence-electron chi connectivity index (χ2n) is 9.36. The van der Waals surface area contributed by atoms with Gasteiger partial charge in [-0.1, -0.05) is 25.1 Å². The van der Waals surface area contributed by atoms with Crippen LogP contribution in [0.2, 0.25) is 0 Å². The van der Waals surface area contributed by atoms with Crippen molar-refractivity contribution in [1.29, 1.82) is 0 Å². The van der Waals surface area contributed by atoms with Gasteiger partial charge in [-0.05, 0) is 62.0 Å². The van der Waals surface area contributed by atoms with Crippen molar-refractivity contribution in [2.75, 3.05) is 18.2 Å². The van der Waals surface area contributed by atoms with E-state index < -0.39 is 0 Å². The first-order chi connectivity index (χ1) is 17.0. The molecule has 0 radical (unpaired) electrons. The Labute approximate surface area is 217 Å². The molecule has 3 aromatic heterocycles. The number of ether oxygens (including phenoxy) is 1. The van der Waals surface area contributed by atoms with E-state index in [0.29, 0.717) is 15.7 Å². The van der Waals surface area contributed by atoms with Crippen molar-refractivity contribution < 1.29 is 14.3 Å². The van der Waals surface area contributed by atoms with Crippen LogP contribution in [-0.2, 0) is 42.3 Å². The lowest BCUT2D eigenvalue weighted by molar-refractivity contribution is -0.113. The summed E-state index contributed by atoms with van der Waals surface area (Å²) >= 11 is 4.69. The molecule has 0 fully saturated rings. The molecular weight excluding hydrogens is 501 g/mol. The van der Waals surface area contributed by atoms with E-state index in [-0.39, 0.29) is 17.6 Å². The second kappa shape index (κ2) is 10.4. The monoisotopic (exact) mass is 530 g/mol. The van der Waals surface area contributed by atoms with Crippen LogP contribution in [0.5, 0.6) is 0 Å². The first kappa shape index (κ1) is 24.5. The van der Waals surface area contributed by atoms with Gasteiger partial charge in [0.05, 0.1) is 18.4 Å². The van der Waals surface area contributed by atoms with Gasteiger partial charge in [0, 0.05) is 27.7 Å². The predicted molar refractivity (Wildman–Crippen MR) is 142 cm³/mol. The van der Waals surface area contributed by atoms with E-state index in [2.05, 4.69) is 27.8 Å². The summed E-state index contributed by atoms with van der Waals surface area (Å²) in [6, 6.07) is 0. The van der Waals surface area contributed by atoms with Crippen LogP contribution in [-0.4, -0.2) is 39.5 Å². The Hall–Kier alpha value is -2.17. The number of nitrogens with one attached hydrogen (secondary N) is 1. The highest BCUT2D eigenvalue weighted by molar-refractivity contribution is 7.99. The van der Waals surface area contributed by atoms with E-state index in [1.807, 2.05) is 23.0 Å². The molecule has 3 aromatic rings. The topological polar surface area (TPSA) is 86.1 Å². The van der Waals surface area contributed by atoms with Gasteiger partial charge in [0.25, 0.3) is 0 Å². The van der Waals surface area contributed by atoms with Gasteiger partial charge < -0.3 is 14.6 Å². The van der Waals surface area contributed by atoms with Gasteiger partial charge >= 0.3 is 5.97 Å². The SMILES string of the molecule is COC(=O)c1c(NC(=O)CSc2nnc(-c3csc4c3CCC(C)C4)n2C)sc2c1CCCCC2. The molecule has 1 atom stereocenters. The first-order valence-electron chi connectivity index (χ1n) is 12.1. The summed E-state index contributed by atoms with van der Waals surface area (Å²) in [5, 5.41) is 15.3. The Morgan fingerprint density at radius 3 is 2.83 bits per heavy atom. The predicted octanol–water partition coefficient (Wildman–Crippen LogP) is 5.52. The fraction of sp³-hybridized carbons (Fsp3) is 0.520. The number of anilines is 1. The molecule has 0 aromatic carbocycles. The summed E-state index contributed by atoms with van der Waals surface area (Å²) in [5.74, 6) is 1.24. The van der Waals surface area contributed by atoms with Crippen LogP contribution in [0.1, 0.15) is 63.8 Å². The molecule has 0 bridgehead atoms. The molecular formula is C25H30N4O3S3. The van der Waals surface area contributed by atoms with Crippen molar-refractivity contribution in [2.24, 2.45) is 13.0 Å². The molecule has 0 spiro atoms. The maximum absolute atomic E-state index is 12.9. The van der Waals surface area contributed by atoms with Gasteiger partial charge in [0.1, 0.15) is 5.00 Å². The number of methoxy groups -OCH3 is 1. The summed E-state index contributed by atoms with van der Waals surface area (Å²) < 4.78 is 7.02. The van der Waals surface area contributed by atoms with Crippen LogP contribution in [0.4, 0.5) is 5.00 Å². The molecule has 0 saturated carbocycles. The number of carbonyl (C=O) groups excluding carboxylic acids is 2. The van der Waals surface area contributed by atoms with Gasteiger partial charge in [0.2, 0.25) is 5.91 Å². The van der Waals surface area contributed by atoms with Crippen LogP contribution < -0.4 is 5.32 Å². The fourth-order valence-corrected chi connectivity index (χ4v) is 8.23. The molecule has 1 amide bonds. The number of fused-ring (bicyclic) bond motifs is 2. The van der Waals surface area contributed by atoms with Crippen molar-refractivity contribution in [3.8, 4) is 11.4 Å². The number of aromatic nitrogens is 3. The average molecular weight is 531 g/mol. The normalized spacial score (nSPS) is 17.4. The number of carbonyl (C=O) groups is 2. The van der Waals surface area contributed by atoms with Crippen LogP contribution >= 0.6 is 34.4 Å². The average Bonchev–Trinajstić information content (AvgIpc) is 3.46. The smallest absolute Gasteiger partial charge is 0.341 e. The summed E-state index contributed by atoms with van der Waals surface area (Å²) in [6.45, 7) is 2.31. The third kappa shape index (κ3) is 4.93. The maximum atomic E-state index is 12.9. The number of aryl methyl sites for hydroxylation is 1. The number of esters is 1. The van der Waals surface area contributed by atoms with E-state index in [1.165, 1.54) is 57.5 Å². The Bertz CT molecular complexity index is 1260. The molecule has 2 aliphatic carbocycles. The van der Waals surface area contributed by atoms with E-state index in [9.17, 15) is 9.59 Å². The van der Waals surface area contributed by atoms with Gasteiger partial charge in [-0.25, -0.2) is 4.79 Å². The summed E-state index contributed by atoms with van der Waals surface area (Å²) in [6.07, 6.45) is 8.55. The van der Waals surface area contributed by atoms with Crippen molar-refractivity contribution in [3.05, 3.63) is 31.8 Å². The number of amides is 1. The van der Waals surface area contributed by atoms with Crippen LogP contribution in [0.25, 0.3) is 11.4 Å². The van der Waals surface area contributed by atoms with E-state index >= 15 is 0 Å². The quantitative estimate of drug-likeness (QED) is 0.257. The van der Waals surface area contributed by atoms with Crippen molar-refractivity contribution in [3.63, 3.8) is 0 Å². The third-order valence-electron chi connectivity index (χ3n) is 6.87. The third-order valence-corrected chi connectivity index (χ3v) is 10.2. The summed E-state index contributed by atoms with van der Waals surface area (Å²) in [5.41, 5.74) is 4.16. The highest BCUT2D eigenvalue weighted by atomic mass is 32.2. The molecule has 35 heavy (non-hydrogen) atoms. The van der Waals surface area contributed by atoms with Crippen LogP contribution in [0.3, 0.4) is 0 Å². The van der Waals surface area contributed by atoms with Crippen molar-refractivity contribution in [1.82, 2.24) is 14.8 Å². The van der Waals surface area contributed by atoms with E-state index in [4.69, 9.17) is 4.74 Å². The van der Waals surface area contributed by atoms with E-state index in [0.717, 1.165) is 62.3 Å².